The number of carbonyl (C=O) groups is 2. The number of hydrogen-bond acceptors (Lipinski definition) is 4. The predicted molar refractivity (Wildman–Crippen MR) is 97.2 cm³/mol. The molecule has 130 valence electrons. The van der Waals surface area contributed by atoms with Crippen molar-refractivity contribution in [1.82, 2.24) is 0 Å². The van der Waals surface area contributed by atoms with E-state index in [0.29, 0.717) is 17.2 Å². The quantitative estimate of drug-likeness (QED) is 0.409. The smallest absolute Gasteiger partial charge is 0.330 e. The molecule has 0 radical (unpaired) electrons. The molecule has 2 aromatic rings. The Morgan fingerprint density at radius 1 is 0.920 bits per heavy atom. The van der Waals surface area contributed by atoms with Crippen LogP contribution in [0.1, 0.15) is 42.6 Å². The van der Waals surface area contributed by atoms with Crippen molar-refractivity contribution in [2.45, 2.75) is 26.7 Å². The normalized spacial score (nSPS) is 10.9. The van der Waals surface area contributed by atoms with Crippen molar-refractivity contribution in [3.63, 3.8) is 0 Å². The van der Waals surface area contributed by atoms with E-state index in [0.717, 1.165) is 11.8 Å². The maximum absolute atomic E-state index is 12.0. The van der Waals surface area contributed by atoms with Crippen LogP contribution in [0.25, 0.3) is 0 Å². The van der Waals surface area contributed by atoms with Crippen LogP contribution in [0.3, 0.4) is 0 Å². The zero-order valence-corrected chi connectivity index (χ0v) is 14.7. The first-order valence-corrected chi connectivity index (χ1v) is 8.26. The van der Waals surface area contributed by atoms with Crippen LogP contribution in [0, 0.1) is 0 Å². The summed E-state index contributed by atoms with van der Waals surface area (Å²) in [5.41, 5.74) is 1.73. The summed E-state index contributed by atoms with van der Waals surface area (Å²) in [6, 6.07) is 14.7. The minimum Gasteiger partial charge on any atom is -0.463 e. The average Bonchev–Trinajstić information content (AvgIpc) is 2.61. The third-order valence-corrected chi connectivity index (χ3v) is 3.58. The van der Waals surface area contributed by atoms with Crippen molar-refractivity contribution in [2.75, 3.05) is 6.61 Å². The topological polar surface area (TPSA) is 52.6 Å². The van der Waals surface area contributed by atoms with Gasteiger partial charge in [-0.3, -0.25) is 4.79 Å². The molecule has 25 heavy (non-hydrogen) atoms. The molecule has 0 saturated heterocycles. The number of allylic oxidation sites excluding steroid dienone is 1. The maximum Gasteiger partial charge on any atom is 0.330 e. The summed E-state index contributed by atoms with van der Waals surface area (Å²) < 4.78 is 10.5. The average molecular weight is 338 g/mol. The fourth-order valence-electron chi connectivity index (χ4n) is 2.17. The van der Waals surface area contributed by atoms with Gasteiger partial charge in [0.05, 0.1) is 6.61 Å². The van der Waals surface area contributed by atoms with Gasteiger partial charge in [0.1, 0.15) is 11.5 Å². The molecule has 2 aromatic carbocycles. The first-order chi connectivity index (χ1) is 12.0. The molecule has 4 nitrogen and oxygen atoms in total. The molecule has 0 bridgehead atoms. The second kappa shape index (κ2) is 8.83. The van der Waals surface area contributed by atoms with Crippen LogP contribution in [-0.2, 0) is 9.53 Å². The molecule has 0 unspecified atom stereocenters. The van der Waals surface area contributed by atoms with Crippen molar-refractivity contribution in [3.8, 4) is 11.5 Å². The summed E-state index contributed by atoms with van der Waals surface area (Å²) in [4.78, 5) is 23.2. The Kier molecular flexibility index (Phi) is 6.52. The number of rotatable bonds is 7. The number of ketones is 1. The lowest BCUT2D eigenvalue weighted by molar-refractivity contribution is -0.137. The van der Waals surface area contributed by atoms with Crippen molar-refractivity contribution >= 4 is 11.8 Å². The van der Waals surface area contributed by atoms with Crippen molar-refractivity contribution < 1.29 is 19.1 Å². The van der Waals surface area contributed by atoms with Crippen LogP contribution in [0.15, 0.2) is 60.7 Å². The van der Waals surface area contributed by atoms with Gasteiger partial charge in [-0.05, 0) is 60.9 Å². The van der Waals surface area contributed by atoms with Gasteiger partial charge >= 0.3 is 5.97 Å². The van der Waals surface area contributed by atoms with Gasteiger partial charge in [-0.1, -0.05) is 26.0 Å². The van der Waals surface area contributed by atoms with E-state index in [9.17, 15) is 9.59 Å². The lowest BCUT2D eigenvalue weighted by Gasteiger charge is -2.09. The van der Waals surface area contributed by atoms with Crippen LogP contribution in [0.4, 0.5) is 0 Å². The van der Waals surface area contributed by atoms with E-state index in [1.54, 1.807) is 31.2 Å². The van der Waals surface area contributed by atoms with Gasteiger partial charge in [-0.15, -0.1) is 0 Å². The molecule has 0 saturated carbocycles. The van der Waals surface area contributed by atoms with Gasteiger partial charge in [0.25, 0.3) is 0 Å². The highest BCUT2D eigenvalue weighted by Gasteiger charge is 2.05. The molecule has 2 rings (SSSR count). The minimum absolute atomic E-state index is 0.263. The molecule has 0 fully saturated rings. The molecule has 0 aliphatic heterocycles. The maximum atomic E-state index is 12.0. The molecule has 0 heterocycles. The number of esters is 1. The van der Waals surface area contributed by atoms with E-state index < -0.39 is 5.97 Å². The molecular weight excluding hydrogens is 316 g/mol. The lowest BCUT2D eigenvalue weighted by atomic mass is 10.0. The zero-order chi connectivity index (χ0) is 18.2. The Morgan fingerprint density at radius 2 is 1.48 bits per heavy atom. The predicted octanol–water partition coefficient (Wildman–Crippen LogP) is 4.90. The number of ether oxygens (including phenoxy) is 2. The summed E-state index contributed by atoms with van der Waals surface area (Å²) in [6.45, 7) is 6.27. The summed E-state index contributed by atoms with van der Waals surface area (Å²) in [6.07, 6.45) is 2.34. The second-order valence-corrected chi connectivity index (χ2v) is 5.80. The Balaban J connectivity index is 1.99. The molecule has 0 aromatic heterocycles. The molecule has 0 amide bonds. The van der Waals surface area contributed by atoms with Gasteiger partial charge in [-0.2, -0.15) is 0 Å². The number of carbonyl (C=O) groups excluding carboxylic acids is 2. The minimum atomic E-state index is -0.527. The van der Waals surface area contributed by atoms with Gasteiger partial charge < -0.3 is 9.47 Å². The molecular formula is C21H22O4. The zero-order valence-electron chi connectivity index (χ0n) is 14.7. The fraction of sp³-hybridized carbons (Fsp3) is 0.238. The molecule has 0 aliphatic rings. The first kappa shape index (κ1) is 18.5. The summed E-state index contributed by atoms with van der Waals surface area (Å²) in [7, 11) is 0. The largest absolute Gasteiger partial charge is 0.463 e. The summed E-state index contributed by atoms with van der Waals surface area (Å²) in [5.74, 6) is 1.07. The number of hydrogen-bond donors (Lipinski definition) is 0. The summed E-state index contributed by atoms with van der Waals surface area (Å²) in [5, 5.41) is 0. The van der Waals surface area contributed by atoms with Crippen LogP contribution in [0.2, 0.25) is 0 Å². The highest BCUT2D eigenvalue weighted by molar-refractivity contribution is 6.07. The SMILES string of the molecule is CCOC(=O)/C=C/C(=O)c1ccc(Oc2ccc(C(C)C)cc2)cc1. The summed E-state index contributed by atoms with van der Waals surface area (Å²) >= 11 is 0. The second-order valence-electron chi connectivity index (χ2n) is 5.80. The van der Waals surface area contributed by atoms with Crippen molar-refractivity contribution in [2.24, 2.45) is 0 Å². The molecule has 0 aliphatic carbocycles. The van der Waals surface area contributed by atoms with Gasteiger partial charge in [0.15, 0.2) is 5.78 Å². The number of benzene rings is 2. The Bertz CT molecular complexity index is 740. The Morgan fingerprint density at radius 3 is 2.00 bits per heavy atom. The lowest BCUT2D eigenvalue weighted by Crippen LogP contribution is -2.01. The Labute approximate surface area is 148 Å². The molecule has 4 heteroatoms. The standard InChI is InChI=1S/C21H22O4/c1-4-24-21(23)14-13-20(22)17-7-11-19(12-8-17)25-18-9-5-16(6-10-18)15(2)3/h5-15H,4H2,1-3H3/b14-13+. The fourth-order valence-corrected chi connectivity index (χ4v) is 2.17. The van der Waals surface area contributed by atoms with Crippen LogP contribution in [0.5, 0.6) is 11.5 Å². The van der Waals surface area contributed by atoms with E-state index in [4.69, 9.17) is 9.47 Å². The van der Waals surface area contributed by atoms with Crippen molar-refractivity contribution in [1.29, 1.82) is 0 Å². The molecule has 0 atom stereocenters. The van der Waals surface area contributed by atoms with Gasteiger partial charge in [-0.25, -0.2) is 4.79 Å². The van der Waals surface area contributed by atoms with E-state index in [-0.39, 0.29) is 12.4 Å². The Hall–Kier alpha value is -2.88. The van der Waals surface area contributed by atoms with E-state index in [2.05, 4.69) is 13.8 Å². The van der Waals surface area contributed by atoms with Crippen molar-refractivity contribution in [3.05, 3.63) is 71.8 Å². The van der Waals surface area contributed by atoms with Gasteiger partial charge in [0.2, 0.25) is 0 Å². The highest BCUT2D eigenvalue weighted by Crippen LogP contribution is 2.24. The van der Waals surface area contributed by atoms with Crippen LogP contribution in [-0.4, -0.2) is 18.4 Å². The third-order valence-electron chi connectivity index (χ3n) is 3.58. The monoisotopic (exact) mass is 338 g/mol. The van der Waals surface area contributed by atoms with E-state index >= 15 is 0 Å². The van der Waals surface area contributed by atoms with Crippen LogP contribution < -0.4 is 4.74 Å². The van der Waals surface area contributed by atoms with Gasteiger partial charge in [0, 0.05) is 11.6 Å². The van der Waals surface area contributed by atoms with E-state index in [1.807, 2.05) is 24.3 Å². The van der Waals surface area contributed by atoms with E-state index in [1.165, 1.54) is 11.6 Å². The first-order valence-electron chi connectivity index (χ1n) is 8.26. The molecule has 0 N–H and O–H groups in total. The molecule has 0 spiro atoms. The van der Waals surface area contributed by atoms with Crippen LogP contribution >= 0.6 is 0 Å². The highest BCUT2D eigenvalue weighted by atomic mass is 16.5. The third kappa shape index (κ3) is 5.60.